The second-order valence-corrected chi connectivity index (χ2v) is 10.1. The second kappa shape index (κ2) is 15.3. The molecule has 0 aromatic carbocycles. The van der Waals surface area contributed by atoms with E-state index in [2.05, 4.69) is 29.0 Å². The van der Waals surface area contributed by atoms with Gasteiger partial charge in [-0.05, 0) is 53.4 Å². The van der Waals surface area contributed by atoms with Gasteiger partial charge in [-0.1, -0.05) is 0 Å². The first-order valence-electron chi connectivity index (χ1n) is 11.9. The summed E-state index contributed by atoms with van der Waals surface area (Å²) in [5.74, 6) is -9.61. The molecular formula is C22H26F12O10. The molecule has 0 amide bonds. The van der Waals surface area contributed by atoms with Crippen LogP contribution in [0, 0.1) is 0 Å². The van der Waals surface area contributed by atoms with Crippen molar-refractivity contribution in [3.63, 3.8) is 0 Å². The third kappa shape index (κ3) is 16.7. The smallest absolute Gasteiger partial charge is 0.390 e. The van der Waals surface area contributed by atoms with E-state index in [1.54, 1.807) is 0 Å². The van der Waals surface area contributed by atoms with Gasteiger partial charge in [0, 0.05) is 12.8 Å². The Morgan fingerprint density at radius 2 is 0.773 bits per heavy atom. The Morgan fingerprint density at radius 1 is 0.500 bits per heavy atom. The first-order valence-corrected chi connectivity index (χ1v) is 11.9. The van der Waals surface area contributed by atoms with Gasteiger partial charge in [-0.25, -0.2) is 28.0 Å². The molecule has 0 aliphatic heterocycles. The van der Waals surface area contributed by atoms with E-state index >= 15 is 0 Å². The second-order valence-electron chi connectivity index (χ2n) is 10.1. The number of carbonyl (C=O) groups excluding carboxylic acids is 4. The van der Waals surface area contributed by atoms with Gasteiger partial charge in [-0.2, -0.15) is 53.7 Å². The Bertz CT molecular complexity index is 917. The van der Waals surface area contributed by atoms with Crippen molar-refractivity contribution in [1.82, 2.24) is 0 Å². The Balaban J connectivity index is 4.80. The molecule has 0 aliphatic carbocycles. The van der Waals surface area contributed by atoms with E-state index in [0.29, 0.717) is 0 Å². The molecule has 22 heteroatoms. The van der Waals surface area contributed by atoms with Crippen molar-refractivity contribution in [2.24, 2.45) is 0 Å². The van der Waals surface area contributed by atoms with Crippen molar-refractivity contribution in [3.05, 3.63) is 0 Å². The molecule has 0 saturated carbocycles. The topological polar surface area (TPSA) is 124 Å². The molecule has 44 heavy (non-hydrogen) atoms. The molecule has 0 N–H and O–H groups in total. The molecule has 2 unspecified atom stereocenters. The SMILES string of the molecule is CC(C)(CCC(C)(C)OOC(=O)C(=O)OC(F)(F)C(F)CCC(F)(F)F)OOC(=O)C(=O)OC(F)(F)C(F)CCC(F)(F)F. The minimum atomic E-state index is -5.14. The first kappa shape index (κ1) is 41.0. The molecule has 0 bridgehead atoms. The third-order valence-corrected chi connectivity index (χ3v) is 4.90. The fraction of sp³-hybridized carbons (Fsp3) is 0.818. The number of hydrogen-bond acceptors (Lipinski definition) is 10. The van der Waals surface area contributed by atoms with Crippen LogP contribution in [0.15, 0.2) is 0 Å². The van der Waals surface area contributed by atoms with Crippen molar-refractivity contribution >= 4 is 23.9 Å². The van der Waals surface area contributed by atoms with Gasteiger partial charge in [0.2, 0.25) is 12.3 Å². The summed E-state index contributed by atoms with van der Waals surface area (Å²) < 4.78 is 160. The Kier molecular flexibility index (Phi) is 14.2. The molecule has 0 saturated heterocycles. The highest BCUT2D eigenvalue weighted by atomic mass is 19.4. The number of hydrogen-bond donors (Lipinski definition) is 0. The maximum Gasteiger partial charge on any atom is 0.450 e. The summed E-state index contributed by atoms with van der Waals surface area (Å²) >= 11 is 0. The quantitative estimate of drug-likeness (QED) is 0.0680. The van der Waals surface area contributed by atoms with Gasteiger partial charge in [-0.3, -0.25) is 9.78 Å². The predicted octanol–water partition coefficient (Wildman–Crippen LogP) is 5.91. The van der Waals surface area contributed by atoms with Gasteiger partial charge in [-0.15, -0.1) is 0 Å². The average Bonchev–Trinajstić information content (AvgIpc) is 2.85. The van der Waals surface area contributed by atoms with E-state index in [1.165, 1.54) is 0 Å². The van der Waals surface area contributed by atoms with E-state index in [4.69, 9.17) is 0 Å². The van der Waals surface area contributed by atoms with Crippen LogP contribution in [0.25, 0.3) is 0 Å². The van der Waals surface area contributed by atoms with Crippen molar-refractivity contribution in [1.29, 1.82) is 0 Å². The van der Waals surface area contributed by atoms with Crippen LogP contribution < -0.4 is 0 Å². The van der Waals surface area contributed by atoms with Crippen LogP contribution in [0.5, 0.6) is 0 Å². The molecular weight excluding hydrogens is 652 g/mol. The summed E-state index contributed by atoms with van der Waals surface area (Å²) in [5, 5.41) is 0. The lowest BCUT2D eigenvalue weighted by Gasteiger charge is -2.28. The molecule has 10 nitrogen and oxygen atoms in total. The van der Waals surface area contributed by atoms with Crippen LogP contribution in [0.1, 0.15) is 66.2 Å². The number of halogens is 12. The zero-order valence-electron chi connectivity index (χ0n) is 23.0. The van der Waals surface area contributed by atoms with Crippen LogP contribution in [0.3, 0.4) is 0 Å². The van der Waals surface area contributed by atoms with Crippen molar-refractivity contribution < 1.29 is 101 Å². The average molecular weight is 678 g/mol. The Hall–Kier alpha value is -3.04. The minimum absolute atomic E-state index is 0.300. The van der Waals surface area contributed by atoms with Gasteiger partial charge in [0.25, 0.3) is 0 Å². The number of alkyl halides is 12. The molecule has 0 aromatic rings. The lowest BCUT2D eigenvalue weighted by atomic mass is 9.94. The van der Waals surface area contributed by atoms with Gasteiger partial charge in [0.1, 0.15) is 11.2 Å². The largest absolute Gasteiger partial charge is 0.450 e. The highest BCUT2D eigenvalue weighted by Gasteiger charge is 2.49. The van der Waals surface area contributed by atoms with Gasteiger partial charge >= 0.3 is 48.4 Å². The fourth-order valence-electron chi connectivity index (χ4n) is 2.43. The van der Waals surface area contributed by atoms with Gasteiger partial charge in [0.15, 0.2) is 0 Å². The molecule has 0 radical (unpaired) electrons. The highest BCUT2D eigenvalue weighted by molar-refractivity contribution is 6.29. The van der Waals surface area contributed by atoms with Crippen LogP contribution in [-0.2, 0) is 48.2 Å². The predicted molar refractivity (Wildman–Crippen MR) is 114 cm³/mol. The van der Waals surface area contributed by atoms with Crippen molar-refractivity contribution in [2.75, 3.05) is 0 Å². The van der Waals surface area contributed by atoms with Crippen molar-refractivity contribution in [3.8, 4) is 0 Å². The van der Waals surface area contributed by atoms with E-state index in [-0.39, 0.29) is 12.8 Å². The molecule has 2 atom stereocenters. The highest BCUT2D eigenvalue weighted by Crippen LogP contribution is 2.33. The molecule has 0 fully saturated rings. The van der Waals surface area contributed by atoms with Crippen LogP contribution in [0.2, 0.25) is 0 Å². The van der Waals surface area contributed by atoms with E-state index in [9.17, 15) is 71.9 Å². The fourth-order valence-corrected chi connectivity index (χ4v) is 2.43. The summed E-state index contributed by atoms with van der Waals surface area (Å²) in [4.78, 5) is 63.2. The molecule has 0 heterocycles. The monoisotopic (exact) mass is 678 g/mol. The summed E-state index contributed by atoms with van der Waals surface area (Å²) in [6.07, 6.45) is -35.7. The van der Waals surface area contributed by atoms with Crippen LogP contribution in [0.4, 0.5) is 52.7 Å². The van der Waals surface area contributed by atoms with E-state index in [1.807, 2.05) is 0 Å². The maximum absolute atomic E-state index is 13.5. The van der Waals surface area contributed by atoms with Crippen LogP contribution >= 0.6 is 0 Å². The summed E-state index contributed by atoms with van der Waals surface area (Å²) in [5.41, 5.74) is -3.27. The molecule has 0 rings (SSSR count). The van der Waals surface area contributed by atoms with Crippen LogP contribution in [-0.4, -0.2) is 72.0 Å². The molecule has 0 spiro atoms. The zero-order chi connectivity index (χ0) is 34.9. The molecule has 258 valence electrons. The van der Waals surface area contributed by atoms with Crippen molar-refractivity contribution in [2.45, 2.75) is 114 Å². The Labute approximate surface area is 240 Å². The lowest BCUT2D eigenvalue weighted by Crippen LogP contribution is -2.40. The number of ether oxygens (including phenoxy) is 2. The standard InChI is InChI=1S/C22H26F12O10/c1-17(2,43-41-15(37)13(35)39-21(31,32)11(23)5-7-19(25,26)27)9-10-18(3,4)44-42-16(38)14(36)40-22(33,34)12(24)6-8-20(28,29)30/h11-12H,5-10H2,1-4H3. The first-order chi connectivity index (χ1) is 19.5. The third-order valence-electron chi connectivity index (χ3n) is 4.90. The normalized spacial score (nSPS) is 14.8. The summed E-state index contributed by atoms with van der Waals surface area (Å²) in [6, 6.07) is 0. The summed E-state index contributed by atoms with van der Waals surface area (Å²) in [6.45, 7) is 4.62. The van der Waals surface area contributed by atoms with Gasteiger partial charge < -0.3 is 9.47 Å². The van der Waals surface area contributed by atoms with Gasteiger partial charge in [0.05, 0.1) is 0 Å². The van der Waals surface area contributed by atoms with E-state index in [0.717, 1.165) is 27.7 Å². The molecule has 0 aromatic heterocycles. The summed E-state index contributed by atoms with van der Waals surface area (Å²) in [7, 11) is 0. The maximum atomic E-state index is 13.5. The Morgan fingerprint density at radius 3 is 1.02 bits per heavy atom. The number of carbonyl (C=O) groups is 4. The minimum Gasteiger partial charge on any atom is -0.390 e. The lowest BCUT2D eigenvalue weighted by molar-refractivity contribution is -0.342. The number of esters is 2. The number of rotatable bonds is 15. The molecule has 0 aliphatic rings. The zero-order valence-corrected chi connectivity index (χ0v) is 23.0. The van der Waals surface area contributed by atoms with E-state index < -0.39 is 97.7 Å².